The van der Waals surface area contributed by atoms with Gasteiger partial charge < -0.3 is 14.7 Å². The van der Waals surface area contributed by atoms with Crippen LogP contribution < -0.4 is 4.90 Å². The van der Waals surface area contributed by atoms with Gasteiger partial charge in [0.15, 0.2) is 0 Å². The highest BCUT2D eigenvalue weighted by molar-refractivity contribution is 5.49. The quantitative estimate of drug-likeness (QED) is 0.769. The summed E-state index contributed by atoms with van der Waals surface area (Å²) in [5.74, 6) is 1.77. The number of nitrogens with zero attached hydrogens (tertiary/aromatic N) is 5. The molecular formula is C18H21N5O2. The van der Waals surface area contributed by atoms with Crippen LogP contribution >= 0.6 is 0 Å². The summed E-state index contributed by atoms with van der Waals surface area (Å²) >= 11 is 0. The Morgan fingerprint density at radius 2 is 2.24 bits per heavy atom. The van der Waals surface area contributed by atoms with Crippen LogP contribution in [0.4, 0.5) is 5.82 Å². The van der Waals surface area contributed by atoms with Crippen molar-refractivity contribution < 1.29 is 9.84 Å². The molecule has 0 radical (unpaired) electrons. The van der Waals surface area contributed by atoms with Crippen LogP contribution in [0.5, 0.6) is 5.75 Å². The van der Waals surface area contributed by atoms with Gasteiger partial charge in [-0.1, -0.05) is 18.2 Å². The summed E-state index contributed by atoms with van der Waals surface area (Å²) in [7, 11) is 0. The number of rotatable bonds is 5. The number of hydrogen-bond acceptors (Lipinski definition) is 6. The second kappa shape index (κ2) is 6.68. The largest absolute Gasteiger partial charge is 0.508 e. The number of aromatic hydroxyl groups is 1. The Balaban J connectivity index is 1.73. The molecule has 4 rings (SSSR count). The van der Waals surface area contributed by atoms with Crippen LogP contribution in [0, 0.1) is 6.92 Å². The smallest absolute Gasteiger partial charge is 0.254 e. The molecule has 3 heterocycles. The molecule has 1 atom stereocenters. The fourth-order valence-corrected chi connectivity index (χ4v) is 3.26. The first-order chi connectivity index (χ1) is 12.2. The zero-order valence-corrected chi connectivity index (χ0v) is 14.2. The van der Waals surface area contributed by atoms with Crippen molar-refractivity contribution in [2.24, 2.45) is 0 Å². The maximum atomic E-state index is 10.2. The van der Waals surface area contributed by atoms with Crippen molar-refractivity contribution in [1.82, 2.24) is 19.6 Å². The number of phenolic OH excluding ortho intramolecular Hbond substituents is 1. The van der Waals surface area contributed by atoms with Crippen LogP contribution in [-0.4, -0.2) is 43.9 Å². The molecule has 2 aromatic heterocycles. The predicted octanol–water partition coefficient (Wildman–Crippen LogP) is 2.32. The average molecular weight is 339 g/mol. The maximum Gasteiger partial charge on any atom is 0.254 e. The number of phenols is 1. The zero-order valence-electron chi connectivity index (χ0n) is 14.2. The van der Waals surface area contributed by atoms with Crippen LogP contribution in [0.1, 0.15) is 24.1 Å². The number of ether oxygens (including phenoxy) is 1. The Hall–Kier alpha value is -2.67. The molecule has 25 heavy (non-hydrogen) atoms. The van der Waals surface area contributed by atoms with E-state index in [0.29, 0.717) is 18.1 Å². The Bertz CT molecular complexity index is 873. The van der Waals surface area contributed by atoms with Gasteiger partial charge >= 0.3 is 0 Å². The van der Waals surface area contributed by atoms with E-state index in [0.717, 1.165) is 43.1 Å². The Labute approximate surface area is 145 Å². The fourth-order valence-electron chi connectivity index (χ4n) is 3.26. The number of para-hydroxylation sites is 1. The molecule has 1 aliphatic heterocycles. The maximum absolute atomic E-state index is 10.2. The number of benzene rings is 1. The average Bonchev–Trinajstić information content (AvgIpc) is 3.26. The van der Waals surface area contributed by atoms with Crippen molar-refractivity contribution in [3.8, 4) is 5.75 Å². The highest BCUT2D eigenvalue weighted by Crippen LogP contribution is 2.25. The van der Waals surface area contributed by atoms with E-state index in [4.69, 9.17) is 4.74 Å². The van der Waals surface area contributed by atoms with Gasteiger partial charge in [-0.25, -0.2) is 4.98 Å². The van der Waals surface area contributed by atoms with Crippen LogP contribution in [0.2, 0.25) is 0 Å². The van der Waals surface area contributed by atoms with Crippen molar-refractivity contribution in [3.05, 3.63) is 47.9 Å². The highest BCUT2D eigenvalue weighted by atomic mass is 16.5. The number of hydrogen-bond donors (Lipinski definition) is 1. The van der Waals surface area contributed by atoms with Crippen molar-refractivity contribution in [2.45, 2.75) is 32.4 Å². The molecule has 0 saturated carbocycles. The summed E-state index contributed by atoms with van der Waals surface area (Å²) in [6, 6.07) is 9.40. The summed E-state index contributed by atoms with van der Waals surface area (Å²) in [6.07, 6.45) is 3.82. The second-order valence-corrected chi connectivity index (χ2v) is 6.37. The van der Waals surface area contributed by atoms with Crippen LogP contribution in [0.15, 0.2) is 36.7 Å². The lowest BCUT2D eigenvalue weighted by Crippen LogP contribution is -2.33. The van der Waals surface area contributed by atoms with Gasteiger partial charge in [-0.15, -0.1) is 0 Å². The molecule has 0 aliphatic carbocycles. The Morgan fingerprint density at radius 3 is 3.04 bits per heavy atom. The molecule has 3 aromatic rings. The summed E-state index contributed by atoms with van der Waals surface area (Å²) in [5.41, 5.74) is 1.74. The predicted molar refractivity (Wildman–Crippen MR) is 93.6 cm³/mol. The van der Waals surface area contributed by atoms with Crippen LogP contribution in [0.25, 0.3) is 5.78 Å². The third kappa shape index (κ3) is 3.28. The first kappa shape index (κ1) is 15.8. The lowest BCUT2D eigenvalue weighted by Gasteiger charge is -2.28. The first-order valence-electron chi connectivity index (χ1n) is 8.51. The van der Waals surface area contributed by atoms with Crippen molar-refractivity contribution in [2.75, 3.05) is 18.1 Å². The SMILES string of the molecule is Cc1cc(N(Cc2ccccc2O)CC2CCCO2)n2ncnc2n1. The Morgan fingerprint density at radius 1 is 1.36 bits per heavy atom. The lowest BCUT2D eigenvalue weighted by atomic mass is 10.1. The molecular weight excluding hydrogens is 318 g/mol. The molecule has 0 amide bonds. The van der Waals surface area contributed by atoms with E-state index >= 15 is 0 Å². The van der Waals surface area contributed by atoms with Crippen molar-refractivity contribution in [1.29, 1.82) is 0 Å². The molecule has 0 spiro atoms. The molecule has 1 N–H and O–H groups in total. The lowest BCUT2D eigenvalue weighted by molar-refractivity contribution is 0.115. The van der Waals surface area contributed by atoms with Gasteiger partial charge in [0.25, 0.3) is 5.78 Å². The summed E-state index contributed by atoms with van der Waals surface area (Å²) in [5, 5.41) is 14.5. The molecule has 1 fully saturated rings. The number of anilines is 1. The molecule has 0 bridgehead atoms. The third-order valence-electron chi connectivity index (χ3n) is 4.49. The topological polar surface area (TPSA) is 75.8 Å². The molecule has 1 saturated heterocycles. The standard InChI is InChI=1S/C18H21N5O2/c1-13-9-17(23-18(21-13)19-12-20-23)22(11-15-6-4-8-25-15)10-14-5-2-3-7-16(14)24/h2-3,5,7,9,12,15,24H,4,6,8,10-11H2,1H3. The van der Waals surface area contributed by atoms with Crippen LogP contribution in [-0.2, 0) is 11.3 Å². The second-order valence-electron chi connectivity index (χ2n) is 6.37. The van der Waals surface area contributed by atoms with Gasteiger partial charge in [-0.2, -0.15) is 14.6 Å². The molecule has 7 nitrogen and oxygen atoms in total. The Kier molecular flexibility index (Phi) is 4.23. The monoisotopic (exact) mass is 339 g/mol. The van der Waals surface area contributed by atoms with E-state index < -0.39 is 0 Å². The van der Waals surface area contributed by atoms with Crippen molar-refractivity contribution >= 4 is 11.6 Å². The fraction of sp³-hybridized carbons (Fsp3) is 0.389. The zero-order chi connectivity index (χ0) is 17.2. The minimum Gasteiger partial charge on any atom is -0.508 e. The van der Waals surface area contributed by atoms with E-state index in [9.17, 15) is 5.11 Å². The summed E-state index contributed by atoms with van der Waals surface area (Å²) in [6.45, 7) is 4.04. The van der Waals surface area contributed by atoms with Crippen LogP contribution in [0.3, 0.4) is 0 Å². The molecule has 1 aliphatic rings. The summed E-state index contributed by atoms with van der Waals surface area (Å²) in [4.78, 5) is 10.8. The number of fused-ring (bicyclic) bond motifs is 1. The van der Waals surface area contributed by atoms with E-state index in [1.54, 1.807) is 10.6 Å². The summed E-state index contributed by atoms with van der Waals surface area (Å²) < 4.78 is 7.57. The van der Waals surface area contributed by atoms with Gasteiger partial charge in [-0.05, 0) is 25.8 Å². The number of aromatic nitrogens is 4. The molecule has 130 valence electrons. The molecule has 1 aromatic carbocycles. The number of aryl methyl sites for hydroxylation is 1. The van der Waals surface area contributed by atoms with E-state index in [-0.39, 0.29) is 6.10 Å². The van der Waals surface area contributed by atoms with E-state index in [2.05, 4.69) is 20.0 Å². The van der Waals surface area contributed by atoms with Crippen molar-refractivity contribution in [3.63, 3.8) is 0 Å². The van der Waals surface area contributed by atoms with Gasteiger partial charge in [0.05, 0.1) is 6.10 Å². The van der Waals surface area contributed by atoms with Gasteiger partial charge in [0, 0.05) is 37.0 Å². The van der Waals surface area contributed by atoms with E-state index in [1.807, 2.05) is 31.2 Å². The minimum absolute atomic E-state index is 0.179. The van der Waals surface area contributed by atoms with Gasteiger partial charge in [-0.3, -0.25) is 0 Å². The molecule has 1 unspecified atom stereocenters. The van der Waals surface area contributed by atoms with E-state index in [1.165, 1.54) is 6.33 Å². The minimum atomic E-state index is 0.179. The van der Waals surface area contributed by atoms with Gasteiger partial charge in [0.1, 0.15) is 17.9 Å². The van der Waals surface area contributed by atoms with Gasteiger partial charge in [0.2, 0.25) is 0 Å². The third-order valence-corrected chi connectivity index (χ3v) is 4.49. The molecule has 7 heteroatoms. The first-order valence-corrected chi connectivity index (χ1v) is 8.51. The highest BCUT2D eigenvalue weighted by Gasteiger charge is 2.22. The normalized spacial score (nSPS) is 17.2.